The molecule has 2 aromatic carbocycles. The number of hydrogen-bond donors (Lipinski definition) is 2. The second-order valence-electron chi connectivity index (χ2n) is 7.34. The summed E-state index contributed by atoms with van der Waals surface area (Å²) in [5.41, 5.74) is -8.39. The average Bonchev–Trinajstić information content (AvgIpc) is 2.75. The van der Waals surface area contributed by atoms with Crippen LogP contribution in [0.3, 0.4) is 0 Å². The van der Waals surface area contributed by atoms with Crippen molar-refractivity contribution < 1.29 is 73.6 Å². The maximum Gasteiger partial charge on any atom is 0.485 e. The number of alkyl halides is 3. The number of phenols is 1. The van der Waals surface area contributed by atoms with Crippen molar-refractivity contribution in [2.24, 2.45) is 0 Å². The van der Waals surface area contributed by atoms with Crippen molar-refractivity contribution in [2.45, 2.75) is 5.51 Å². The third-order valence-corrected chi connectivity index (χ3v) is 4.48. The van der Waals surface area contributed by atoms with E-state index < -0.39 is 61.7 Å². The van der Waals surface area contributed by atoms with Gasteiger partial charge in [0.05, 0.1) is 11.3 Å². The van der Waals surface area contributed by atoms with Crippen LogP contribution in [-0.4, -0.2) is 80.4 Å². The molecule has 0 aliphatic carbocycles. The summed E-state index contributed by atoms with van der Waals surface area (Å²) in [5.74, 6) is -11.3. The summed E-state index contributed by atoms with van der Waals surface area (Å²) in [5, 5.41) is 17.0. The van der Waals surface area contributed by atoms with Crippen molar-refractivity contribution >= 4 is 15.8 Å². The fraction of sp³-hybridized carbons (Fsp3) is 0.350. The number of phenolic OH excluding ortho intramolecular Hbond substituents is 1. The number of benzene rings is 2. The van der Waals surface area contributed by atoms with Gasteiger partial charge in [0.1, 0.15) is 5.75 Å². The zero-order chi connectivity index (χ0) is 28.6. The molecule has 0 aromatic heterocycles. The molecule has 17 heteroatoms. The summed E-state index contributed by atoms with van der Waals surface area (Å²) in [6.07, 6.45) is 0. The number of halogens is 8. The van der Waals surface area contributed by atoms with Crippen molar-refractivity contribution in [1.29, 1.82) is 5.41 Å². The van der Waals surface area contributed by atoms with E-state index >= 15 is 0 Å². The number of likely N-dealkylation sites (N-methyl/N-ethyl adjacent to an activating group) is 2. The van der Waals surface area contributed by atoms with Crippen LogP contribution in [0.15, 0.2) is 24.3 Å². The first-order valence-corrected chi connectivity index (χ1v) is 10.8. The van der Waals surface area contributed by atoms with Gasteiger partial charge in [-0.1, -0.05) is 12.1 Å². The Morgan fingerprint density at radius 3 is 1.49 bits per heavy atom. The number of nitrogens with zero attached hydrogens (tertiary/aromatic N) is 2. The Kier molecular flexibility index (Phi) is 15.3. The van der Waals surface area contributed by atoms with Crippen LogP contribution >= 0.6 is 0 Å². The topological polar surface area (TPSA) is 108 Å². The molecule has 0 heterocycles. The van der Waals surface area contributed by atoms with E-state index in [4.69, 9.17) is 18.4 Å². The molecular formula is C20H22F8N3O4PdS-. The Bertz CT molecular complexity index is 1130. The van der Waals surface area contributed by atoms with Crippen LogP contribution in [0.2, 0.25) is 0 Å². The van der Waals surface area contributed by atoms with Gasteiger partial charge < -0.3 is 19.5 Å². The van der Waals surface area contributed by atoms with E-state index in [0.717, 1.165) is 25.2 Å². The molecule has 7 nitrogen and oxygen atoms in total. The first-order chi connectivity index (χ1) is 16.2. The van der Waals surface area contributed by atoms with Crippen LogP contribution in [0.5, 0.6) is 5.75 Å². The van der Waals surface area contributed by atoms with Crippen LogP contribution in [-0.2, 0) is 30.5 Å². The van der Waals surface area contributed by atoms with Crippen LogP contribution in [0, 0.1) is 34.5 Å². The van der Waals surface area contributed by atoms with Gasteiger partial charge >= 0.3 is 5.51 Å². The fourth-order valence-corrected chi connectivity index (χ4v) is 2.04. The van der Waals surface area contributed by atoms with Crippen molar-refractivity contribution in [2.75, 3.05) is 41.3 Å². The monoisotopic (exact) mass is 658 g/mol. The quantitative estimate of drug-likeness (QED) is 0.0967. The van der Waals surface area contributed by atoms with Crippen molar-refractivity contribution in [3.8, 4) is 5.75 Å². The summed E-state index contributed by atoms with van der Waals surface area (Å²) in [7, 11) is 2.26. The molecule has 2 N–H and O–H groups in total. The first-order valence-electron chi connectivity index (χ1n) is 9.44. The van der Waals surface area contributed by atoms with Crippen LogP contribution in [0.25, 0.3) is 0 Å². The molecule has 0 saturated carbocycles. The fourth-order valence-electron chi connectivity index (χ4n) is 2.04. The minimum atomic E-state index is -6.09. The molecule has 2 rings (SSSR count). The minimum absolute atomic E-state index is 0. The summed E-state index contributed by atoms with van der Waals surface area (Å²) < 4.78 is 125. The van der Waals surface area contributed by atoms with Gasteiger partial charge in [-0.25, -0.2) is 30.4 Å². The van der Waals surface area contributed by atoms with Crippen molar-refractivity contribution in [3.63, 3.8) is 0 Å². The second-order valence-corrected chi connectivity index (χ2v) is 8.71. The summed E-state index contributed by atoms with van der Waals surface area (Å²) in [6.45, 7) is 2.29. The molecule has 0 saturated heterocycles. The van der Waals surface area contributed by atoms with E-state index in [1.807, 2.05) is 0 Å². The molecule has 0 radical (unpaired) electrons. The molecule has 0 amide bonds. The Morgan fingerprint density at radius 2 is 1.19 bits per heavy atom. The van der Waals surface area contributed by atoms with Gasteiger partial charge in [-0.05, 0) is 40.3 Å². The Balaban J connectivity index is 0. The minimum Gasteiger partial charge on any atom is -0.741 e. The second kappa shape index (κ2) is 15.3. The number of hydrogen-bond acceptors (Lipinski definition) is 7. The van der Waals surface area contributed by atoms with E-state index in [1.165, 1.54) is 12.1 Å². The molecule has 214 valence electrons. The molecule has 0 aliphatic rings. The smallest absolute Gasteiger partial charge is 0.485 e. The summed E-state index contributed by atoms with van der Waals surface area (Å²) in [4.78, 5) is 4.36. The molecule has 0 fully saturated rings. The molecule has 37 heavy (non-hydrogen) atoms. The molecule has 0 atom stereocenters. The number of rotatable bonds is 5. The number of nitrogens with one attached hydrogen (secondary N) is 1. The maximum absolute atomic E-state index is 13.5. The summed E-state index contributed by atoms with van der Waals surface area (Å²) >= 11 is 0. The van der Waals surface area contributed by atoms with Gasteiger partial charge in [-0.2, -0.15) is 13.2 Å². The zero-order valence-corrected chi connectivity index (χ0v) is 21.9. The van der Waals surface area contributed by atoms with Crippen molar-refractivity contribution in [1.82, 2.24) is 9.80 Å². The number of aromatic hydroxyl groups is 1. The molecule has 0 unspecified atom stereocenters. The molecule has 0 spiro atoms. The van der Waals surface area contributed by atoms with E-state index in [2.05, 4.69) is 38.0 Å². The summed E-state index contributed by atoms with van der Waals surface area (Å²) in [6, 6.07) is 4.96. The van der Waals surface area contributed by atoms with Crippen LogP contribution in [0.4, 0.5) is 35.1 Å². The zero-order valence-electron chi connectivity index (χ0n) is 19.5. The van der Waals surface area contributed by atoms with E-state index in [0.29, 0.717) is 0 Å². The van der Waals surface area contributed by atoms with Gasteiger partial charge in [0.25, 0.3) is 0 Å². The van der Waals surface area contributed by atoms with Gasteiger partial charge in [-0.15, -0.1) is 0 Å². The SMILES string of the molecule is CN(C)CCN(C)C.N=C(c1ccccc1O)c1c(F)c(F)c(F)c(F)c1F.O=S(=O)([O-])C(F)(F)F.[Pd]. The van der Waals surface area contributed by atoms with Crippen LogP contribution < -0.4 is 0 Å². The molecule has 2 aromatic rings. The van der Waals surface area contributed by atoms with Gasteiger partial charge in [-0.3, -0.25) is 5.41 Å². The normalized spacial score (nSPS) is 11.2. The largest absolute Gasteiger partial charge is 0.741 e. The third kappa shape index (κ3) is 11.4. The standard InChI is InChI=1S/C13H6F5NO.C6H16N2.CHF3O3S.Pd/c14-8-7(9(15)11(17)12(18)10(8)16)13(19)5-3-1-2-4-6(5)20;1-7(2)5-6-8(3)4;2-1(3,4)8(5,6)7;/h1-4,19-20H;5-6H2,1-4H3;(H,5,6,7);/p-1. The Morgan fingerprint density at radius 1 is 0.865 bits per heavy atom. The van der Waals surface area contributed by atoms with Gasteiger partial charge in [0.2, 0.25) is 5.82 Å². The van der Waals surface area contributed by atoms with Gasteiger partial charge in [0.15, 0.2) is 33.4 Å². The van der Waals surface area contributed by atoms with Crippen LogP contribution in [0.1, 0.15) is 11.1 Å². The molecule has 0 bridgehead atoms. The van der Waals surface area contributed by atoms with Crippen molar-refractivity contribution in [3.05, 3.63) is 64.5 Å². The Labute approximate surface area is 221 Å². The predicted octanol–water partition coefficient (Wildman–Crippen LogP) is 3.66. The molecular weight excluding hydrogens is 637 g/mol. The number of para-hydroxylation sites is 1. The van der Waals surface area contributed by atoms with E-state index in [-0.39, 0.29) is 26.0 Å². The third-order valence-electron chi connectivity index (χ3n) is 3.91. The Hall–Kier alpha value is -2.16. The van der Waals surface area contributed by atoms with Gasteiger partial charge in [0, 0.05) is 39.1 Å². The van der Waals surface area contributed by atoms with E-state index in [1.54, 1.807) is 0 Å². The maximum atomic E-state index is 13.5. The first kappa shape index (κ1) is 37.0. The van der Waals surface area contributed by atoms with E-state index in [9.17, 15) is 40.2 Å². The molecule has 0 aliphatic heterocycles. The average molecular weight is 659 g/mol. The predicted molar refractivity (Wildman–Crippen MR) is 113 cm³/mol.